The quantitative estimate of drug-likeness (QED) is 0.874. The number of hydrogen-bond acceptors (Lipinski definition) is 2. The fourth-order valence-corrected chi connectivity index (χ4v) is 4.78. The van der Waals surface area contributed by atoms with E-state index in [1.54, 1.807) is 0 Å². The van der Waals surface area contributed by atoms with Crippen LogP contribution in [0.1, 0.15) is 43.2 Å². The summed E-state index contributed by atoms with van der Waals surface area (Å²) in [7, 11) is 0. The fraction of sp³-hybridized carbons (Fsp3) is 0.611. The molecule has 4 atom stereocenters. The van der Waals surface area contributed by atoms with Crippen molar-refractivity contribution in [1.29, 1.82) is 0 Å². The molecule has 0 amide bonds. The zero-order valence-corrected chi connectivity index (χ0v) is 12.7. The molecule has 114 valence electrons. The normalized spacial score (nSPS) is 30.3. The lowest BCUT2D eigenvalue weighted by atomic mass is 9.69. The topological polar surface area (TPSA) is 63.3 Å². The largest absolute Gasteiger partial charge is 0.481 e. The van der Waals surface area contributed by atoms with Crippen LogP contribution in [0.3, 0.4) is 0 Å². The van der Waals surface area contributed by atoms with Gasteiger partial charge in [0, 0.05) is 6.54 Å². The van der Waals surface area contributed by atoms with Gasteiger partial charge in [0.1, 0.15) is 5.41 Å². The number of carboxylic acid groups (broad SMARTS) is 1. The molecule has 3 N–H and O–H groups in total. The number of rotatable bonds is 5. The van der Waals surface area contributed by atoms with Gasteiger partial charge in [0.25, 0.3) is 0 Å². The summed E-state index contributed by atoms with van der Waals surface area (Å²) in [5.41, 5.74) is 7.03. The maximum Gasteiger partial charge on any atom is 0.315 e. The molecule has 0 aliphatic heterocycles. The number of nitrogens with two attached hydrogens (primary N) is 1. The molecule has 1 aromatic carbocycles. The van der Waals surface area contributed by atoms with Crippen LogP contribution in [0.15, 0.2) is 24.3 Å². The van der Waals surface area contributed by atoms with Gasteiger partial charge >= 0.3 is 5.97 Å². The lowest BCUT2D eigenvalue weighted by Gasteiger charge is -2.35. The third kappa shape index (κ3) is 2.38. The molecule has 2 fully saturated rings. The molecule has 0 heterocycles. The molecule has 2 bridgehead atoms. The fourth-order valence-electron chi connectivity index (χ4n) is 4.78. The summed E-state index contributed by atoms with van der Waals surface area (Å²) >= 11 is 0. The molecule has 4 unspecified atom stereocenters. The highest BCUT2D eigenvalue weighted by atomic mass is 16.4. The Morgan fingerprint density at radius 1 is 1.33 bits per heavy atom. The van der Waals surface area contributed by atoms with E-state index in [0.717, 1.165) is 23.0 Å². The molecule has 3 rings (SSSR count). The first-order chi connectivity index (χ1) is 10.1. The van der Waals surface area contributed by atoms with Crippen molar-refractivity contribution in [2.45, 2.75) is 44.4 Å². The summed E-state index contributed by atoms with van der Waals surface area (Å²) < 4.78 is 0. The second-order valence-electron chi connectivity index (χ2n) is 7.05. The van der Waals surface area contributed by atoms with Crippen molar-refractivity contribution >= 4 is 5.97 Å². The standard InChI is InChI=1S/C18H25NO2/c1-12-4-2-3-5-16(12)18(11-19,17(20)21)10-15-9-13-6-7-14(15)8-13/h2-5,13-15H,6-11,19H2,1H3,(H,20,21). The van der Waals surface area contributed by atoms with Gasteiger partial charge in [-0.1, -0.05) is 30.7 Å². The van der Waals surface area contributed by atoms with Crippen LogP contribution in [0.5, 0.6) is 0 Å². The summed E-state index contributed by atoms with van der Waals surface area (Å²) in [4.78, 5) is 12.1. The smallest absolute Gasteiger partial charge is 0.315 e. The average Bonchev–Trinajstić information content (AvgIpc) is 3.07. The zero-order chi connectivity index (χ0) is 15.0. The van der Waals surface area contributed by atoms with Crippen LogP contribution >= 0.6 is 0 Å². The van der Waals surface area contributed by atoms with Gasteiger partial charge in [0.05, 0.1) is 0 Å². The van der Waals surface area contributed by atoms with Gasteiger partial charge in [0.2, 0.25) is 0 Å². The summed E-state index contributed by atoms with van der Waals surface area (Å²) in [5.74, 6) is 1.33. The van der Waals surface area contributed by atoms with E-state index < -0.39 is 11.4 Å². The number of hydrogen-bond donors (Lipinski definition) is 2. The minimum absolute atomic E-state index is 0.182. The first kappa shape index (κ1) is 14.6. The van der Waals surface area contributed by atoms with Gasteiger partial charge in [-0.2, -0.15) is 0 Å². The molecular weight excluding hydrogens is 262 g/mol. The number of fused-ring (bicyclic) bond motifs is 2. The maximum absolute atomic E-state index is 12.1. The SMILES string of the molecule is Cc1ccccc1C(CN)(CC1CC2CCC1C2)C(=O)O. The number of benzene rings is 1. The Labute approximate surface area is 126 Å². The number of aryl methyl sites for hydroxylation is 1. The summed E-state index contributed by atoms with van der Waals surface area (Å²) in [6.45, 7) is 2.17. The Balaban J connectivity index is 1.94. The van der Waals surface area contributed by atoms with E-state index in [1.807, 2.05) is 31.2 Å². The second kappa shape index (κ2) is 5.45. The minimum Gasteiger partial charge on any atom is -0.481 e. The van der Waals surface area contributed by atoms with Gasteiger partial charge in [-0.05, 0) is 61.5 Å². The summed E-state index contributed by atoms with van der Waals surface area (Å²) in [6, 6.07) is 7.82. The Morgan fingerprint density at radius 3 is 2.62 bits per heavy atom. The van der Waals surface area contributed by atoms with Crippen LogP contribution in [0, 0.1) is 24.7 Å². The molecule has 0 spiro atoms. The van der Waals surface area contributed by atoms with Gasteiger partial charge < -0.3 is 10.8 Å². The summed E-state index contributed by atoms with van der Waals surface area (Å²) in [6.07, 6.45) is 5.83. The number of carbonyl (C=O) groups is 1. The molecule has 1 aromatic rings. The molecular formula is C18H25NO2. The Morgan fingerprint density at radius 2 is 2.10 bits per heavy atom. The van der Waals surface area contributed by atoms with Gasteiger partial charge in [-0.25, -0.2) is 0 Å². The highest BCUT2D eigenvalue weighted by Gasteiger charge is 2.47. The molecule has 0 radical (unpaired) electrons. The molecule has 3 heteroatoms. The van der Waals surface area contributed by atoms with Gasteiger partial charge in [0.15, 0.2) is 0 Å². The Kier molecular flexibility index (Phi) is 3.78. The lowest BCUT2D eigenvalue weighted by molar-refractivity contribution is -0.144. The molecule has 2 aliphatic carbocycles. The van der Waals surface area contributed by atoms with Crippen molar-refractivity contribution in [1.82, 2.24) is 0 Å². The van der Waals surface area contributed by atoms with Gasteiger partial charge in [-0.15, -0.1) is 0 Å². The molecule has 21 heavy (non-hydrogen) atoms. The molecule has 2 saturated carbocycles. The lowest BCUT2D eigenvalue weighted by Crippen LogP contribution is -2.45. The van der Waals surface area contributed by atoms with Crippen molar-refractivity contribution in [3.05, 3.63) is 35.4 Å². The van der Waals surface area contributed by atoms with Crippen LogP contribution in [0.2, 0.25) is 0 Å². The van der Waals surface area contributed by atoms with E-state index in [1.165, 1.54) is 25.7 Å². The average molecular weight is 287 g/mol. The zero-order valence-electron chi connectivity index (χ0n) is 12.7. The van der Waals surface area contributed by atoms with Crippen LogP contribution in [0.4, 0.5) is 0 Å². The second-order valence-corrected chi connectivity index (χ2v) is 7.05. The first-order valence-electron chi connectivity index (χ1n) is 8.06. The van der Waals surface area contributed by atoms with E-state index in [0.29, 0.717) is 12.3 Å². The molecule has 3 nitrogen and oxygen atoms in total. The van der Waals surface area contributed by atoms with Crippen LogP contribution in [-0.2, 0) is 10.2 Å². The van der Waals surface area contributed by atoms with Crippen LogP contribution < -0.4 is 5.73 Å². The van der Waals surface area contributed by atoms with Crippen molar-refractivity contribution in [2.24, 2.45) is 23.5 Å². The monoisotopic (exact) mass is 287 g/mol. The van der Waals surface area contributed by atoms with Crippen LogP contribution in [0.25, 0.3) is 0 Å². The molecule has 0 saturated heterocycles. The maximum atomic E-state index is 12.1. The number of carboxylic acids is 1. The van der Waals surface area contributed by atoms with E-state index in [-0.39, 0.29) is 6.54 Å². The Hall–Kier alpha value is -1.35. The first-order valence-corrected chi connectivity index (χ1v) is 8.06. The third-order valence-corrected chi connectivity index (χ3v) is 5.91. The number of aliphatic carboxylic acids is 1. The predicted octanol–water partition coefficient (Wildman–Crippen LogP) is 3.10. The van der Waals surface area contributed by atoms with Crippen molar-refractivity contribution in [3.63, 3.8) is 0 Å². The van der Waals surface area contributed by atoms with E-state index in [4.69, 9.17) is 5.73 Å². The van der Waals surface area contributed by atoms with Crippen LogP contribution in [-0.4, -0.2) is 17.6 Å². The minimum atomic E-state index is -0.916. The molecule has 0 aromatic heterocycles. The highest BCUT2D eigenvalue weighted by Crippen LogP contribution is 2.52. The van der Waals surface area contributed by atoms with E-state index in [9.17, 15) is 9.90 Å². The summed E-state index contributed by atoms with van der Waals surface area (Å²) in [5, 5.41) is 9.95. The molecule has 2 aliphatic rings. The van der Waals surface area contributed by atoms with E-state index in [2.05, 4.69) is 0 Å². The van der Waals surface area contributed by atoms with E-state index >= 15 is 0 Å². The van der Waals surface area contributed by atoms with Crippen molar-refractivity contribution < 1.29 is 9.90 Å². The van der Waals surface area contributed by atoms with Crippen molar-refractivity contribution in [3.8, 4) is 0 Å². The predicted molar refractivity (Wildman–Crippen MR) is 83.1 cm³/mol. The highest BCUT2D eigenvalue weighted by molar-refractivity contribution is 5.82. The third-order valence-electron chi connectivity index (χ3n) is 5.91. The Bertz CT molecular complexity index is 542. The van der Waals surface area contributed by atoms with Gasteiger partial charge in [-0.3, -0.25) is 4.79 Å². The van der Waals surface area contributed by atoms with Crippen molar-refractivity contribution in [2.75, 3.05) is 6.54 Å².